The molecule has 3 atom stereocenters. The van der Waals surface area contributed by atoms with Gasteiger partial charge in [-0.3, -0.25) is 14.4 Å². The number of fused-ring (bicyclic) bond motifs is 1. The first-order chi connectivity index (χ1) is 20.5. The first kappa shape index (κ1) is 30.2. The molecule has 0 bridgehead atoms. The van der Waals surface area contributed by atoms with E-state index in [1.165, 1.54) is 28.2 Å². The predicted molar refractivity (Wildman–Crippen MR) is 166 cm³/mol. The van der Waals surface area contributed by atoms with Crippen molar-refractivity contribution < 1.29 is 18.8 Å². The summed E-state index contributed by atoms with van der Waals surface area (Å²) in [6.07, 6.45) is 3.43. The Morgan fingerprint density at radius 3 is 2.09 bits per heavy atom. The van der Waals surface area contributed by atoms with Crippen LogP contribution < -0.4 is 10.6 Å². The maximum absolute atomic E-state index is 14.6. The van der Waals surface area contributed by atoms with Crippen molar-refractivity contribution in [2.24, 2.45) is 11.8 Å². The van der Waals surface area contributed by atoms with Crippen molar-refractivity contribution in [2.75, 3.05) is 0 Å². The molecular formula is C36H40FN3O3. The molecule has 6 nitrogen and oxygen atoms in total. The summed E-state index contributed by atoms with van der Waals surface area (Å²) in [5.41, 5.74) is 3.89. The smallest absolute Gasteiger partial charge is 0.248 e. The van der Waals surface area contributed by atoms with Crippen molar-refractivity contribution in [3.05, 3.63) is 108 Å². The third-order valence-corrected chi connectivity index (χ3v) is 8.59. The molecule has 3 aromatic rings. The van der Waals surface area contributed by atoms with Crippen LogP contribution in [0.3, 0.4) is 0 Å². The highest BCUT2D eigenvalue weighted by atomic mass is 19.1. The number of nitrogens with one attached hydrogen (secondary N) is 2. The summed E-state index contributed by atoms with van der Waals surface area (Å²) in [6.45, 7) is 11.5. The molecular weight excluding hydrogens is 541 g/mol. The maximum Gasteiger partial charge on any atom is 0.248 e. The van der Waals surface area contributed by atoms with Crippen LogP contribution in [0.2, 0.25) is 0 Å². The lowest BCUT2D eigenvalue weighted by atomic mass is 9.87. The van der Waals surface area contributed by atoms with Crippen LogP contribution in [0, 0.1) is 17.7 Å². The lowest BCUT2D eigenvalue weighted by Gasteiger charge is -2.45. The molecule has 1 aliphatic heterocycles. The summed E-state index contributed by atoms with van der Waals surface area (Å²) >= 11 is 0. The Morgan fingerprint density at radius 1 is 1.00 bits per heavy atom. The highest BCUT2D eigenvalue weighted by molar-refractivity contribution is 6.00. The number of hydrogen-bond donors (Lipinski definition) is 2. The second-order valence-electron chi connectivity index (χ2n) is 12.8. The zero-order valence-electron chi connectivity index (χ0n) is 25.3. The van der Waals surface area contributed by atoms with E-state index in [9.17, 15) is 18.8 Å². The fraction of sp³-hybridized carbons (Fsp3) is 0.361. The quantitative estimate of drug-likeness (QED) is 0.315. The minimum Gasteiger partial charge on any atom is -0.346 e. The summed E-state index contributed by atoms with van der Waals surface area (Å²) in [5.74, 6) is -1.19. The van der Waals surface area contributed by atoms with E-state index < -0.39 is 23.7 Å². The zero-order valence-corrected chi connectivity index (χ0v) is 25.3. The molecule has 5 rings (SSSR count). The molecule has 7 heteroatoms. The molecule has 1 saturated heterocycles. The van der Waals surface area contributed by atoms with Crippen molar-refractivity contribution in [3.63, 3.8) is 0 Å². The average molecular weight is 582 g/mol. The zero-order chi connectivity index (χ0) is 30.9. The molecule has 224 valence electrons. The largest absolute Gasteiger partial charge is 0.346 e. The van der Waals surface area contributed by atoms with E-state index in [0.717, 1.165) is 11.1 Å². The summed E-state index contributed by atoms with van der Waals surface area (Å²) in [4.78, 5) is 44.1. The second-order valence-corrected chi connectivity index (χ2v) is 12.8. The molecule has 1 heterocycles. The van der Waals surface area contributed by atoms with E-state index in [4.69, 9.17) is 0 Å². The van der Waals surface area contributed by atoms with Gasteiger partial charge in [0.1, 0.15) is 23.9 Å². The Morgan fingerprint density at radius 2 is 1.56 bits per heavy atom. The molecule has 1 aliphatic carbocycles. The molecule has 0 radical (unpaired) electrons. The monoisotopic (exact) mass is 581 g/mol. The van der Waals surface area contributed by atoms with E-state index in [2.05, 4.69) is 29.3 Å². The van der Waals surface area contributed by atoms with Crippen molar-refractivity contribution in [1.82, 2.24) is 15.5 Å². The third kappa shape index (κ3) is 6.41. The maximum atomic E-state index is 14.6. The molecule has 0 unspecified atom stereocenters. The number of carbonyl (C=O) groups is 3. The number of nitrogens with zero attached hydrogens (tertiary/aromatic N) is 1. The Bertz CT molecular complexity index is 1490. The van der Waals surface area contributed by atoms with Gasteiger partial charge >= 0.3 is 0 Å². The van der Waals surface area contributed by atoms with Crippen LogP contribution in [0.5, 0.6) is 0 Å². The third-order valence-electron chi connectivity index (χ3n) is 8.59. The number of carbonyl (C=O) groups excluding carboxylic acids is 3. The van der Waals surface area contributed by atoms with E-state index in [1.54, 1.807) is 18.2 Å². The van der Waals surface area contributed by atoms with Crippen molar-refractivity contribution in [3.8, 4) is 11.1 Å². The minimum absolute atomic E-state index is 0.104. The van der Waals surface area contributed by atoms with E-state index in [0.29, 0.717) is 24.8 Å². The molecule has 0 aromatic heterocycles. The molecule has 2 N–H and O–H groups in total. The van der Waals surface area contributed by atoms with E-state index >= 15 is 0 Å². The van der Waals surface area contributed by atoms with Gasteiger partial charge in [0.15, 0.2) is 0 Å². The number of piperazine rings is 1. The summed E-state index contributed by atoms with van der Waals surface area (Å²) in [7, 11) is 0. The minimum atomic E-state index is -1.05. The van der Waals surface area contributed by atoms with Crippen LogP contribution in [0.25, 0.3) is 11.1 Å². The fourth-order valence-electron chi connectivity index (χ4n) is 6.25. The van der Waals surface area contributed by atoms with Crippen molar-refractivity contribution >= 4 is 17.7 Å². The van der Waals surface area contributed by atoms with E-state index in [-0.39, 0.29) is 35.4 Å². The van der Waals surface area contributed by atoms with Gasteiger partial charge in [-0.15, -0.1) is 6.58 Å². The predicted octanol–water partition coefficient (Wildman–Crippen LogP) is 5.77. The fourth-order valence-corrected chi connectivity index (χ4v) is 6.25. The van der Waals surface area contributed by atoms with Gasteiger partial charge < -0.3 is 15.5 Å². The van der Waals surface area contributed by atoms with Crippen LogP contribution in [0.15, 0.2) is 85.5 Å². The summed E-state index contributed by atoms with van der Waals surface area (Å²) < 4.78 is 13.5. The standard InChI is InChI=1S/C36H40FN3O3/c1-6-36(4,5)39-34(42)32(25-13-11-23(12-14-25)24-15-17-29(37)18-16-24)40-30(19-22(2)3)33(41)38-31(35(40)43)28-20-26-9-7-8-10-27(26)21-28/h6-18,22,28,30-32H,1,19-21H2,2-5H3,(H,38,41)(H,39,42)/t30-,31-,32-/m1/s1. The highest BCUT2D eigenvalue weighted by Crippen LogP contribution is 2.36. The first-order valence-electron chi connectivity index (χ1n) is 15.0. The molecule has 0 saturated carbocycles. The lowest BCUT2D eigenvalue weighted by molar-refractivity contribution is -0.158. The number of halogens is 1. The summed E-state index contributed by atoms with van der Waals surface area (Å²) in [6, 6.07) is 19.1. The van der Waals surface area contributed by atoms with Gasteiger partial charge in [-0.1, -0.05) is 80.6 Å². The highest BCUT2D eigenvalue weighted by Gasteiger charge is 2.49. The van der Waals surface area contributed by atoms with Gasteiger partial charge in [-0.25, -0.2) is 4.39 Å². The van der Waals surface area contributed by atoms with Gasteiger partial charge in [0, 0.05) is 0 Å². The molecule has 0 spiro atoms. The Balaban J connectivity index is 1.56. The van der Waals surface area contributed by atoms with Gasteiger partial charge in [0.2, 0.25) is 17.7 Å². The van der Waals surface area contributed by atoms with Crippen molar-refractivity contribution in [1.29, 1.82) is 0 Å². The van der Waals surface area contributed by atoms with Gasteiger partial charge in [-0.2, -0.15) is 0 Å². The van der Waals surface area contributed by atoms with Crippen LogP contribution in [0.1, 0.15) is 56.8 Å². The van der Waals surface area contributed by atoms with Crippen LogP contribution in [0.4, 0.5) is 4.39 Å². The summed E-state index contributed by atoms with van der Waals surface area (Å²) in [5, 5.41) is 6.10. The van der Waals surface area contributed by atoms with Gasteiger partial charge in [-0.05, 0) is 84.9 Å². The van der Waals surface area contributed by atoms with Gasteiger partial charge in [0.05, 0.1) is 5.54 Å². The van der Waals surface area contributed by atoms with Gasteiger partial charge in [0.25, 0.3) is 0 Å². The number of amides is 3. The molecule has 3 amide bonds. The second kappa shape index (κ2) is 12.2. The first-order valence-corrected chi connectivity index (χ1v) is 15.0. The van der Waals surface area contributed by atoms with Crippen LogP contribution in [-0.4, -0.2) is 40.2 Å². The number of rotatable bonds is 9. The van der Waals surface area contributed by atoms with Crippen LogP contribution in [-0.2, 0) is 27.2 Å². The molecule has 1 fully saturated rings. The molecule has 2 aliphatic rings. The molecule has 3 aromatic carbocycles. The normalized spacial score (nSPS) is 19.6. The Kier molecular flexibility index (Phi) is 8.54. The Labute approximate surface area is 253 Å². The van der Waals surface area contributed by atoms with Crippen molar-refractivity contribution in [2.45, 2.75) is 70.6 Å². The number of benzene rings is 3. The average Bonchev–Trinajstić information content (AvgIpc) is 3.41. The molecule has 43 heavy (non-hydrogen) atoms. The lowest BCUT2D eigenvalue weighted by Crippen LogP contribution is -2.67. The van der Waals surface area contributed by atoms with Crippen LogP contribution >= 0.6 is 0 Å². The SMILES string of the molecule is C=CC(C)(C)NC(=O)[C@@H](c1ccc(-c2ccc(F)cc2)cc1)N1C(=O)[C@@H](C2Cc3ccccc3C2)NC(=O)[C@H]1CC(C)C. The van der Waals surface area contributed by atoms with E-state index in [1.807, 2.05) is 64.1 Å². The number of hydrogen-bond acceptors (Lipinski definition) is 3. The Hall–Kier alpha value is -4.26. The topological polar surface area (TPSA) is 78.5 Å².